The zero-order chi connectivity index (χ0) is 18.9. The molecule has 2 rings (SSSR count). The Morgan fingerprint density at radius 2 is 1.46 bits per heavy atom. The van der Waals surface area contributed by atoms with Crippen LogP contribution in [0.25, 0.3) is 11.0 Å². The second kappa shape index (κ2) is 10.7. The smallest absolute Gasteiger partial charge is 0.109 e. The highest BCUT2D eigenvalue weighted by Gasteiger charge is 2.13. The third kappa shape index (κ3) is 6.12. The van der Waals surface area contributed by atoms with Crippen LogP contribution in [-0.4, -0.2) is 16.1 Å². The number of nitrogens with two attached hydrogens (primary N) is 1. The maximum atomic E-state index is 5.54. The van der Waals surface area contributed by atoms with Gasteiger partial charge < -0.3 is 10.3 Å². The van der Waals surface area contributed by atoms with Crippen molar-refractivity contribution in [3.8, 4) is 0 Å². The molecule has 2 N–H and O–H groups in total. The zero-order valence-corrected chi connectivity index (χ0v) is 17.5. The highest BCUT2D eigenvalue weighted by molar-refractivity contribution is 5.78. The fraction of sp³-hybridized carbons (Fsp3) is 0.696. The number of aryl methyl sites for hydroxylation is 3. The quantitative estimate of drug-likeness (QED) is 0.478. The first-order chi connectivity index (χ1) is 12.5. The molecule has 1 heterocycles. The molecule has 1 aromatic heterocycles. The van der Waals surface area contributed by atoms with E-state index in [9.17, 15) is 0 Å². The molecule has 0 spiro atoms. The molecule has 0 saturated heterocycles. The molecule has 0 unspecified atom stereocenters. The van der Waals surface area contributed by atoms with Crippen LogP contribution in [-0.2, 0) is 13.0 Å². The van der Waals surface area contributed by atoms with Crippen molar-refractivity contribution in [1.29, 1.82) is 0 Å². The number of imidazole rings is 1. The maximum absolute atomic E-state index is 5.54. The third-order valence-corrected chi connectivity index (χ3v) is 5.34. The summed E-state index contributed by atoms with van der Waals surface area (Å²) in [5.74, 6) is 1.92. The lowest BCUT2D eigenvalue weighted by Gasteiger charge is -2.12. The maximum Gasteiger partial charge on any atom is 0.109 e. The monoisotopic (exact) mass is 357 g/mol. The molecule has 0 fully saturated rings. The summed E-state index contributed by atoms with van der Waals surface area (Å²) in [6.45, 7) is 10.9. The van der Waals surface area contributed by atoms with Gasteiger partial charge in [-0.05, 0) is 62.4 Å². The number of rotatable bonds is 12. The number of hydrogen-bond acceptors (Lipinski definition) is 2. The van der Waals surface area contributed by atoms with E-state index in [-0.39, 0.29) is 0 Å². The summed E-state index contributed by atoms with van der Waals surface area (Å²) in [6, 6.07) is 4.58. The lowest BCUT2D eigenvalue weighted by Crippen LogP contribution is -2.09. The Morgan fingerprint density at radius 1 is 0.885 bits per heavy atom. The molecule has 2 aromatic rings. The Balaban J connectivity index is 1.89. The van der Waals surface area contributed by atoms with Crippen molar-refractivity contribution in [2.45, 2.75) is 92.0 Å². The molecular formula is C23H39N3. The summed E-state index contributed by atoms with van der Waals surface area (Å²) in [5, 5.41) is 0. The molecule has 1 aromatic carbocycles. The van der Waals surface area contributed by atoms with Crippen LogP contribution in [0.1, 0.15) is 82.2 Å². The van der Waals surface area contributed by atoms with Gasteiger partial charge >= 0.3 is 0 Å². The van der Waals surface area contributed by atoms with Gasteiger partial charge in [-0.25, -0.2) is 4.98 Å². The molecule has 0 aliphatic rings. The predicted octanol–water partition coefficient (Wildman–Crippen LogP) is 5.93. The van der Waals surface area contributed by atoms with Gasteiger partial charge in [0, 0.05) is 13.0 Å². The number of hydrogen-bond donors (Lipinski definition) is 1. The van der Waals surface area contributed by atoms with E-state index in [0.29, 0.717) is 5.92 Å². The predicted molar refractivity (Wildman–Crippen MR) is 114 cm³/mol. The lowest BCUT2D eigenvalue weighted by atomic mass is 10.1. The Morgan fingerprint density at radius 3 is 2.08 bits per heavy atom. The zero-order valence-electron chi connectivity index (χ0n) is 17.5. The van der Waals surface area contributed by atoms with E-state index in [4.69, 9.17) is 10.7 Å². The van der Waals surface area contributed by atoms with Crippen LogP contribution in [0.3, 0.4) is 0 Å². The SMILES string of the molecule is Cc1cc2nc(CCCCCCCCCCN)n(CC(C)C)c2cc1C. The Kier molecular flexibility index (Phi) is 8.64. The van der Waals surface area contributed by atoms with E-state index in [1.54, 1.807) is 0 Å². The van der Waals surface area contributed by atoms with Gasteiger partial charge in [-0.3, -0.25) is 0 Å². The molecule has 0 bridgehead atoms. The van der Waals surface area contributed by atoms with Gasteiger partial charge in [-0.15, -0.1) is 0 Å². The minimum atomic E-state index is 0.640. The van der Waals surface area contributed by atoms with Gasteiger partial charge in [0.2, 0.25) is 0 Å². The van der Waals surface area contributed by atoms with E-state index in [0.717, 1.165) is 19.5 Å². The molecule has 0 atom stereocenters. The molecule has 0 aliphatic heterocycles. The van der Waals surface area contributed by atoms with E-state index < -0.39 is 0 Å². The Labute approximate surface area is 160 Å². The van der Waals surface area contributed by atoms with Crippen LogP contribution in [0, 0.1) is 19.8 Å². The van der Waals surface area contributed by atoms with Gasteiger partial charge in [0.1, 0.15) is 5.82 Å². The average Bonchev–Trinajstić information content (AvgIpc) is 2.90. The largest absolute Gasteiger partial charge is 0.330 e. The topological polar surface area (TPSA) is 43.8 Å². The van der Waals surface area contributed by atoms with E-state index in [2.05, 4.69) is 44.4 Å². The minimum absolute atomic E-state index is 0.640. The van der Waals surface area contributed by atoms with Crippen LogP contribution in [0.15, 0.2) is 12.1 Å². The molecule has 3 nitrogen and oxygen atoms in total. The fourth-order valence-corrected chi connectivity index (χ4v) is 3.68. The molecule has 26 heavy (non-hydrogen) atoms. The number of fused-ring (bicyclic) bond motifs is 1. The minimum Gasteiger partial charge on any atom is -0.330 e. The summed E-state index contributed by atoms with van der Waals surface area (Å²) in [4.78, 5) is 4.99. The van der Waals surface area contributed by atoms with Crippen LogP contribution in [0.4, 0.5) is 0 Å². The normalized spacial score (nSPS) is 11.8. The first-order valence-corrected chi connectivity index (χ1v) is 10.7. The summed E-state index contributed by atoms with van der Waals surface area (Å²) in [7, 11) is 0. The van der Waals surface area contributed by atoms with Crippen molar-refractivity contribution in [3.05, 3.63) is 29.1 Å². The van der Waals surface area contributed by atoms with E-state index in [1.807, 2.05) is 0 Å². The standard InChI is InChI=1S/C23H39N3/c1-18(2)17-26-22-16-20(4)19(3)15-21(22)25-23(26)13-11-9-7-5-6-8-10-12-14-24/h15-16,18H,5-14,17,24H2,1-4H3. The van der Waals surface area contributed by atoms with Crippen molar-refractivity contribution in [1.82, 2.24) is 9.55 Å². The van der Waals surface area contributed by atoms with Gasteiger partial charge in [0.05, 0.1) is 11.0 Å². The Bertz CT molecular complexity index is 670. The third-order valence-electron chi connectivity index (χ3n) is 5.34. The molecule has 146 valence electrons. The molecule has 3 heteroatoms. The van der Waals surface area contributed by atoms with Crippen molar-refractivity contribution >= 4 is 11.0 Å². The van der Waals surface area contributed by atoms with Crippen molar-refractivity contribution in [3.63, 3.8) is 0 Å². The lowest BCUT2D eigenvalue weighted by molar-refractivity contribution is 0.507. The van der Waals surface area contributed by atoms with Crippen molar-refractivity contribution in [2.75, 3.05) is 6.54 Å². The summed E-state index contributed by atoms with van der Waals surface area (Å²) < 4.78 is 2.47. The first-order valence-electron chi connectivity index (χ1n) is 10.7. The molecule has 0 aliphatic carbocycles. The van der Waals surface area contributed by atoms with Gasteiger partial charge in [-0.1, -0.05) is 52.4 Å². The second-order valence-electron chi connectivity index (χ2n) is 8.32. The van der Waals surface area contributed by atoms with Gasteiger partial charge in [-0.2, -0.15) is 0 Å². The number of benzene rings is 1. The molecule has 0 amide bonds. The molecule has 0 saturated carbocycles. The van der Waals surface area contributed by atoms with Crippen molar-refractivity contribution < 1.29 is 0 Å². The van der Waals surface area contributed by atoms with E-state index >= 15 is 0 Å². The first kappa shape index (κ1) is 21.0. The average molecular weight is 358 g/mol. The summed E-state index contributed by atoms with van der Waals surface area (Å²) in [5.41, 5.74) is 10.7. The summed E-state index contributed by atoms with van der Waals surface area (Å²) >= 11 is 0. The number of unbranched alkanes of at least 4 members (excludes halogenated alkanes) is 7. The number of nitrogens with zero attached hydrogens (tertiary/aromatic N) is 2. The highest BCUT2D eigenvalue weighted by atomic mass is 15.1. The fourth-order valence-electron chi connectivity index (χ4n) is 3.68. The highest BCUT2D eigenvalue weighted by Crippen LogP contribution is 2.23. The van der Waals surface area contributed by atoms with Gasteiger partial charge in [0.15, 0.2) is 0 Å². The molecular weight excluding hydrogens is 318 g/mol. The van der Waals surface area contributed by atoms with Crippen molar-refractivity contribution in [2.24, 2.45) is 11.7 Å². The summed E-state index contributed by atoms with van der Waals surface area (Å²) in [6.07, 6.45) is 11.6. The second-order valence-corrected chi connectivity index (χ2v) is 8.32. The Hall–Kier alpha value is -1.35. The molecule has 0 radical (unpaired) electrons. The van der Waals surface area contributed by atoms with Crippen LogP contribution in [0.2, 0.25) is 0 Å². The van der Waals surface area contributed by atoms with Crippen LogP contribution < -0.4 is 5.73 Å². The van der Waals surface area contributed by atoms with Crippen LogP contribution in [0.5, 0.6) is 0 Å². The van der Waals surface area contributed by atoms with Crippen LogP contribution >= 0.6 is 0 Å². The van der Waals surface area contributed by atoms with Gasteiger partial charge in [0.25, 0.3) is 0 Å². The van der Waals surface area contributed by atoms with E-state index in [1.165, 1.54) is 79.4 Å². The number of aromatic nitrogens is 2.